The number of carbonyl (C=O) groups excluding carboxylic acids is 1. The van der Waals surface area contributed by atoms with Crippen molar-refractivity contribution in [3.63, 3.8) is 0 Å². The second kappa shape index (κ2) is 10.5. The molecular weight excluding hydrogens is 422 g/mol. The van der Waals surface area contributed by atoms with E-state index in [1.807, 2.05) is 32.2 Å². The van der Waals surface area contributed by atoms with Crippen molar-refractivity contribution < 1.29 is 4.79 Å². The SMILES string of the molecule is C=C(C)C(CC(CC(C)C)Nc1nc(Nc2ncc(C(N)=O)s2)cc2ncccc12)NC. The molecule has 0 aliphatic carbocycles. The van der Waals surface area contributed by atoms with Crippen molar-refractivity contribution in [3.8, 4) is 0 Å². The first kappa shape index (κ1) is 23.6. The molecule has 0 saturated carbocycles. The molecule has 0 fully saturated rings. The van der Waals surface area contributed by atoms with Crippen LogP contribution in [0.15, 0.2) is 42.7 Å². The zero-order valence-corrected chi connectivity index (χ0v) is 19.8. The van der Waals surface area contributed by atoms with Crippen LogP contribution in [-0.4, -0.2) is 40.0 Å². The highest BCUT2D eigenvalue weighted by Gasteiger charge is 2.19. The third-order valence-electron chi connectivity index (χ3n) is 5.14. The first-order valence-electron chi connectivity index (χ1n) is 10.6. The van der Waals surface area contributed by atoms with Crippen LogP contribution in [-0.2, 0) is 0 Å². The lowest BCUT2D eigenvalue weighted by molar-refractivity contribution is 0.100. The van der Waals surface area contributed by atoms with Gasteiger partial charge >= 0.3 is 0 Å². The number of rotatable bonds is 11. The fourth-order valence-corrected chi connectivity index (χ4v) is 4.31. The number of amides is 1. The van der Waals surface area contributed by atoms with Gasteiger partial charge in [0.2, 0.25) is 0 Å². The second-order valence-corrected chi connectivity index (χ2v) is 9.37. The maximum atomic E-state index is 11.4. The minimum Gasteiger partial charge on any atom is -0.367 e. The number of hydrogen-bond donors (Lipinski definition) is 4. The zero-order chi connectivity index (χ0) is 23.3. The number of aromatic nitrogens is 3. The number of hydrogen-bond acceptors (Lipinski definition) is 8. The fraction of sp³-hybridized carbons (Fsp3) is 0.391. The number of pyridine rings is 2. The molecule has 3 rings (SSSR count). The number of thiazole rings is 1. The molecule has 3 heterocycles. The standard InChI is InChI=1S/C23H31N7OS/c1-13(2)9-15(10-17(25-5)14(3)4)28-22-16-7-6-8-26-18(16)11-20(29-22)30-23-27-12-19(32-23)21(24)31/h6-8,11-13,15,17,25H,3,9-10H2,1-2,4-5H3,(H2,24,31)(H2,27,28,29,30). The number of nitrogens with zero attached hydrogens (tertiary/aromatic N) is 3. The van der Waals surface area contributed by atoms with Crippen LogP contribution in [0.4, 0.5) is 16.8 Å². The van der Waals surface area contributed by atoms with E-state index in [1.54, 1.807) is 6.20 Å². The average molecular weight is 454 g/mol. The number of nitrogens with one attached hydrogen (secondary N) is 3. The molecule has 0 radical (unpaired) electrons. The topological polar surface area (TPSA) is 118 Å². The Kier molecular flexibility index (Phi) is 7.76. The maximum Gasteiger partial charge on any atom is 0.260 e. The first-order chi connectivity index (χ1) is 15.3. The number of primary amides is 1. The van der Waals surface area contributed by atoms with E-state index in [0.717, 1.165) is 35.1 Å². The van der Waals surface area contributed by atoms with Crippen LogP contribution in [0.25, 0.3) is 10.9 Å². The van der Waals surface area contributed by atoms with Gasteiger partial charge in [-0.25, -0.2) is 9.97 Å². The van der Waals surface area contributed by atoms with Gasteiger partial charge in [0.25, 0.3) is 5.91 Å². The van der Waals surface area contributed by atoms with Crippen molar-refractivity contribution in [2.24, 2.45) is 11.7 Å². The van der Waals surface area contributed by atoms with Crippen molar-refractivity contribution in [1.82, 2.24) is 20.3 Å². The van der Waals surface area contributed by atoms with Crippen molar-refractivity contribution >= 4 is 44.9 Å². The summed E-state index contributed by atoms with van der Waals surface area (Å²) in [6.07, 6.45) is 5.09. The van der Waals surface area contributed by atoms with Gasteiger partial charge in [-0.1, -0.05) is 37.3 Å². The molecule has 0 aliphatic rings. The van der Waals surface area contributed by atoms with Crippen LogP contribution in [0.3, 0.4) is 0 Å². The largest absolute Gasteiger partial charge is 0.367 e. The highest BCUT2D eigenvalue weighted by molar-refractivity contribution is 7.17. The molecule has 0 aliphatic heterocycles. The quantitative estimate of drug-likeness (QED) is 0.320. The minimum atomic E-state index is -0.501. The Morgan fingerprint density at radius 3 is 2.69 bits per heavy atom. The minimum absolute atomic E-state index is 0.191. The van der Waals surface area contributed by atoms with Gasteiger partial charge in [0.05, 0.1) is 11.7 Å². The normalized spacial score (nSPS) is 13.2. The molecule has 0 spiro atoms. The number of anilines is 3. The van der Waals surface area contributed by atoms with Crippen molar-refractivity contribution in [3.05, 3.63) is 47.6 Å². The predicted octanol–water partition coefficient (Wildman–Crippen LogP) is 4.31. The Morgan fingerprint density at radius 2 is 2.06 bits per heavy atom. The highest BCUT2D eigenvalue weighted by Crippen LogP contribution is 2.28. The molecule has 3 aromatic heterocycles. The smallest absolute Gasteiger partial charge is 0.260 e. The Labute approximate surface area is 192 Å². The maximum absolute atomic E-state index is 11.4. The molecule has 0 aromatic carbocycles. The van der Waals surface area contributed by atoms with Crippen LogP contribution in [0.1, 0.15) is 43.3 Å². The van der Waals surface area contributed by atoms with Gasteiger partial charge in [0, 0.05) is 29.7 Å². The van der Waals surface area contributed by atoms with E-state index in [-0.39, 0.29) is 12.1 Å². The summed E-state index contributed by atoms with van der Waals surface area (Å²) in [6.45, 7) is 10.6. The highest BCUT2D eigenvalue weighted by atomic mass is 32.1. The lowest BCUT2D eigenvalue weighted by atomic mass is 9.94. The molecule has 1 amide bonds. The molecule has 5 N–H and O–H groups in total. The zero-order valence-electron chi connectivity index (χ0n) is 19.0. The Morgan fingerprint density at radius 1 is 1.28 bits per heavy atom. The lowest BCUT2D eigenvalue weighted by Crippen LogP contribution is -2.35. The van der Waals surface area contributed by atoms with E-state index in [0.29, 0.717) is 21.7 Å². The summed E-state index contributed by atoms with van der Waals surface area (Å²) in [5.41, 5.74) is 7.26. The number of fused-ring (bicyclic) bond motifs is 1. The summed E-state index contributed by atoms with van der Waals surface area (Å²) in [4.78, 5) is 25.3. The van der Waals surface area contributed by atoms with Gasteiger partial charge in [-0.15, -0.1) is 0 Å². The van der Waals surface area contributed by atoms with Crippen LogP contribution >= 0.6 is 11.3 Å². The molecule has 2 atom stereocenters. The molecule has 170 valence electrons. The molecular formula is C23H31N7OS. The van der Waals surface area contributed by atoms with Crippen molar-refractivity contribution in [2.75, 3.05) is 17.7 Å². The molecule has 9 heteroatoms. The summed E-state index contributed by atoms with van der Waals surface area (Å²) in [7, 11) is 1.96. The predicted molar refractivity (Wildman–Crippen MR) is 133 cm³/mol. The van der Waals surface area contributed by atoms with Gasteiger partial charge < -0.3 is 21.7 Å². The first-order valence-corrected chi connectivity index (χ1v) is 11.5. The van der Waals surface area contributed by atoms with Gasteiger partial charge in [-0.2, -0.15) is 0 Å². The van der Waals surface area contributed by atoms with Gasteiger partial charge in [0.1, 0.15) is 16.5 Å². The third kappa shape index (κ3) is 6.02. The van der Waals surface area contributed by atoms with E-state index in [4.69, 9.17) is 10.7 Å². The summed E-state index contributed by atoms with van der Waals surface area (Å²) in [5.74, 6) is 1.37. The summed E-state index contributed by atoms with van der Waals surface area (Å²) < 4.78 is 0. The van der Waals surface area contributed by atoms with Crippen LogP contribution in [0, 0.1) is 5.92 Å². The molecule has 0 saturated heterocycles. The van der Waals surface area contributed by atoms with Crippen molar-refractivity contribution in [1.29, 1.82) is 0 Å². The Hall–Kier alpha value is -3.04. The van der Waals surface area contributed by atoms with Crippen LogP contribution in [0.5, 0.6) is 0 Å². The van der Waals surface area contributed by atoms with E-state index in [9.17, 15) is 4.79 Å². The monoisotopic (exact) mass is 453 g/mol. The Balaban J connectivity index is 1.93. The average Bonchev–Trinajstić information content (AvgIpc) is 3.20. The van der Waals surface area contributed by atoms with E-state index in [1.165, 1.54) is 17.5 Å². The Bertz CT molecular complexity index is 1090. The van der Waals surface area contributed by atoms with Crippen LogP contribution in [0.2, 0.25) is 0 Å². The third-order valence-corrected chi connectivity index (χ3v) is 6.07. The van der Waals surface area contributed by atoms with E-state index < -0.39 is 5.91 Å². The molecule has 8 nitrogen and oxygen atoms in total. The lowest BCUT2D eigenvalue weighted by Gasteiger charge is -2.27. The number of likely N-dealkylation sites (N-methyl/N-ethyl adjacent to an activating group) is 1. The second-order valence-electron chi connectivity index (χ2n) is 8.34. The van der Waals surface area contributed by atoms with Gasteiger partial charge in [0.15, 0.2) is 5.13 Å². The summed E-state index contributed by atoms with van der Waals surface area (Å²) >= 11 is 1.19. The van der Waals surface area contributed by atoms with E-state index >= 15 is 0 Å². The van der Waals surface area contributed by atoms with Crippen LogP contribution < -0.4 is 21.7 Å². The van der Waals surface area contributed by atoms with E-state index in [2.05, 4.69) is 46.3 Å². The van der Waals surface area contributed by atoms with Gasteiger partial charge in [-0.05, 0) is 44.9 Å². The number of carbonyl (C=O) groups is 1. The molecule has 0 bridgehead atoms. The van der Waals surface area contributed by atoms with Gasteiger partial charge in [-0.3, -0.25) is 9.78 Å². The summed E-state index contributed by atoms with van der Waals surface area (Å²) in [6, 6.07) is 6.19. The molecule has 3 aromatic rings. The number of nitrogens with two attached hydrogens (primary N) is 1. The van der Waals surface area contributed by atoms with Crippen molar-refractivity contribution in [2.45, 2.75) is 45.7 Å². The molecule has 32 heavy (non-hydrogen) atoms. The molecule has 2 unspecified atom stereocenters. The fourth-order valence-electron chi connectivity index (χ4n) is 3.63. The summed E-state index contributed by atoms with van der Waals surface area (Å²) in [5, 5.41) is 11.7.